The molecular formula is C7H14O3Si. The summed E-state index contributed by atoms with van der Waals surface area (Å²) >= 11 is 0. The maximum Gasteiger partial charge on any atom is 0.309 e. The second kappa shape index (κ2) is 2.60. The summed E-state index contributed by atoms with van der Waals surface area (Å²) in [5, 5.41) is 8.56. The van der Waals surface area contributed by atoms with Gasteiger partial charge in [-0.15, -0.1) is 0 Å². The molecule has 0 aromatic rings. The Morgan fingerprint density at radius 1 is 1.55 bits per heavy atom. The van der Waals surface area contributed by atoms with Gasteiger partial charge in [0.15, 0.2) is 8.32 Å². The topological polar surface area (TPSA) is 46.5 Å². The van der Waals surface area contributed by atoms with E-state index in [-0.39, 0.29) is 12.0 Å². The van der Waals surface area contributed by atoms with E-state index >= 15 is 0 Å². The van der Waals surface area contributed by atoms with Gasteiger partial charge < -0.3 is 9.53 Å². The highest BCUT2D eigenvalue weighted by Gasteiger charge is 2.46. The Hall–Kier alpha value is -0.353. The largest absolute Gasteiger partial charge is 0.481 e. The highest BCUT2D eigenvalue weighted by atomic mass is 28.4. The van der Waals surface area contributed by atoms with Crippen LogP contribution < -0.4 is 0 Å². The van der Waals surface area contributed by atoms with Crippen LogP contribution >= 0.6 is 0 Å². The summed E-state index contributed by atoms with van der Waals surface area (Å²) in [5.41, 5.74) is 0. The molecule has 0 heterocycles. The lowest BCUT2D eigenvalue weighted by Crippen LogP contribution is -2.27. The lowest BCUT2D eigenvalue weighted by atomic mass is 10.4. The zero-order valence-electron chi connectivity index (χ0n) is 7.13. The van der Waals surface area contributed by atoms with Crippen molar-refractivity contribution < 1.29 is 14.3 Å². The summed E-state index contributed by atoms with van der Waals surface area (Å²) < 4.78 is 5.58. The van der Waals surface area contributed by atoms with Crippen molar-refractivity contribution in [3.05, 3.63) is 0 Å². The first-order valence-electron chi connectivity index (χ1n) is 3.81. The molecule has 1 aliphatic carbocycles. The van der Waals surface area contributed by atoms with E-state index in [0.29, 0.717) is 6.42 Å². The predicted octanol–water partition coefficient (Wildman–Crippen LogP) is 1.31. The first-order valence-corrected chi connectivity index (χ1v) is 7.21. The number of carboxylic acids is 1. The summed E-state index contributed by atoms with van der Waals surface area (Å²) in [6, 6.07) is 0. The Labute approximate surface area is 67.5 Å². The van der Waals surface area contributed by atoms with Crippen molar-refractivity contribution in [2.75, 3.05) is 0 Å². The molecule has 0 saturated heterocycles. The van der Waals surface area contributed by atoms with Crippen LogP contribution in [-0.4, -0.2) is 25.5 Å². The van der Waals surface area contributed by atoms with Crippen LogP contribution in [0.2, 0.25) is 19.6 Å². The fourth-order valence-corrected chi connectivity index (χ4v) is 2.18. The van der Waals surface area contributed by atoms with Crippen molar-refractivity contribution in [2.45, 2.75) is 32.2 Å². The Balaban J connectivity index is 2.29. The SMILES string of the molecule is C[Si](C)(C)OC1CC1C(=O)O. The molecule has 0 aromatic carbocycles. The van der Waals surface area contributed by atoms with Gasteiger partial charge in [-0.1, -0.05) is 0 Å². The second-order valence-electron chi connectivity index (χ2n) is 3.95. The first-order chi connectivity index (χ1) is 4.90. The van der Waals surface area contributed by atoms with Gasteiger partial charge in [0.25, 0.3) is 0 Å². The van der Waals surface area contributed by atoms with E-state index in [1.54, 1.807) is 0 Å². The van der Waals surface area contributed by atoms with Crippen molar-refractivity contribution in [1.29, 1.82) is 0 Å². The third kappa shape index (κ3) is 2.63. The lowest BCUT2D eigenvalue weighted by molar-refractivity contribution is -0.139. The first kappa shape index (κ1) is 8.74. The number of rotatable bonds is 3. The molecule has 0 aliphatic heterocycles. The van der Waals surface area contributed by atoms with Crippen LogP contribution in [0, 0.1) is 5.92 Å². The fraction of sp³-hybridized carbons (Fsp3) is 0.857. The van der Waals surface area contributed by atoms with Crippen LogP contribution in [0.3, 0.4) is 0 Å². The molecule has 2 unspecified atom stereocenters. The van der Waals surface area contributed by atoms with E-state index in [4.69, 9.17) is 9.53 Å². The van der Waals surface area contributed by atoms with Crippen LogP contribution in [-0.2, 0) is 9.22 Å². The minimum atomic E-state index is -1.51. The fourth-order valence-electron chi connectivity index (χ4n) is 1.02. The highest BCUT2D eigenvalue weighted by Crippen LogP contribution is 2.35. The summed E-state index contributed by atoms with van der Waals surface area (Å²) in [6.07, 6.45) is 0.721. The molecule has 1 N–H and O–H groups in total. The van der Waals surface area contributed by atoms with Gasteiger partial charge in [-0.2, -0.15) is 0 Å². The maximum absolute atomic E-state index is 10.4. The van der Waals surface area contributed by atoms with E-state index in [9.17, 15) is 4.79 Å². The van der Waals surface area contributed by atoms with Gasteiger partial charge in [0.2, 0.25) is 0 Å². The van der Waals surface area contributed by atoms with Crippen molar-refractivity contribution in [2.24, 2.45) is 5.92 Å². The monoisotopic (exact) mass is 174 g/mol. The van der Waals surface area contributed by atoms with Gasteiger partial charge in [0, 0.05) is 0 Å². The molecule has 0 radical (unpaired) electrons. The summed E-state index contributed by atoms with van der Waals surface area (Å²) in [7, 11) is -1.51. The van der Waals surface area contributed by atoms with Crippen molar-refractivity contribution >= 4 is 14.3 Å². The Bertz CT molecular complexity index is 173. The molecule has 0 spiro atoms. The number of carboxylic acid groups (broad SMARTS) is 1. The third-order valence-corrected chi connectivity index (χ3v) is 2.56. The molecule has 3 nitrogen and oxygen atoms in total. The molecule has 1 saturated carbocycles. The molecule has 2 atom stereocenters. The number of hydrogen-bond donors (Lipinski definition) is 1. The minimum absolute atomic E-state index is 0.0131. The predicted molar refractivity (Wildman–Crippen MR) is 44.0 cm³/mol. The average Bonchev–Trinajstić information content (AvgIpc) is 2.40. The van der Waals surface area contributed by atoms with Gasteiger partial charge in [-0.3, -0.25) is 4.79 Å². The molecular weight excluding hydrogens is 160 g/mol. The van der Waals surface area contributed by atoms with E-state index < -0.39 is 14.3 Å². The number of hydrogen-bond acceptors (Lipinski definition) is 2. The van der Waals surface area contributed by atoms with Gasteiger partial charge in [-0.25, -0.2) is 0 Å². The zero-order valence-corrected chi connectivity index (χ0v) is 8.13. The van der Waals surface area contributed by atoms with Gasteiger partial charge >= 0.3 is 5.97 Å². The highest BCUT2D eigenvalue weighted by molar-refractivity contribution is 6.69. The molecule has 11 heavy (non-hydrogen) atoms. The summed E-state index contributed by atoms with van der Waals surface area (Å²) in [4.78, 5) is 10.4. The normalized spacial score (nSPS) is 30.1. The van der Waals surface area contributed by atoms with E-state index in [1.165, 1.54) is 0 Å². The standard InChI is InChI=1S/C7H14O3Si/c1-11(2,3)10-6-4-5(6)7(8)9/h5-6H,4H2,1-3H3,(H,8,9). The average molecular weight is 174 g/mol. The molecule has 1 aliphatic rings. The maximum atomic E-state index is 10.4. The number of aliphatic carboxylic acids is 1. The van der Waals surface area contributed by atoms with Crippen LogP contribution in [0.25, 0.3) is 0 Å². The second-order valence-corrected chi connectivity index (χ2v) is 8.41. The minimum Gasteiger partial charge on any atom is -0.481 e. The quantitative estimate of drug-likeness (QED) is 0.656. The van der Waals surface area contributed by atoms with E-state index in [0.717, 1.165) is 0 Å². The van der Waals surface area contributed by atoms with Crippen LogP contribution in [0.15, 0.2) is 0 Å². The van der Waals surface area contributed by atoms with E-state index in [2.05, 4.69) is 19.6 Å². The van der Waals surface area contributed by atoms with Crippen molar-refractivity contribution in [1.82, 2.24) is 0 Å². The van der Waals surface area contributed by atoms with Crippen LogP contribution in [0.5, 0.6) is 0 Å². The molecule has 1 fully saturated rings. The Morgan fingerprint density at radius 3 is 2.36 bits per heavy atom. The molecule has 0 aromatic heterocycles. The van der Waals surface area contributed by atoms with Crippen molar-refractivity contribution in [3.8, 4) is 0 Å². The lowest BCUT2D eigenvalue weighted by Gasteiger charge is -2.16. The summed E-state index contributed by atoms with van der Waals surface area (Å²) in [6.45, 7) is 6.22. The smallest absolute Gasteiger partial charge is 0.309 e. The molecule has 4 heteroatoms. The molecule has 64 valence electrons. The molecule has 1 rings (SSSR count). The Kier molecular flexibility index (Phi) is 2.07. The van der Waals surface area contributed by atoms with Gasteiger partial charge in [-0.05, 0) is 26.1 Å². The molecule has 0 amide bonds. The number of carbonyl (C=O) groups is 1. The van der Waals surface area contributed by atoms with Crippen LogP contribution in [0.1, 0.15) is 6.42 Å². The van der Waals surface area contributed by atoms with Gasteiger partial charge in [0.05, 0.1) is 12.0 Å². The Morgan fingerprint density at radius 2 is 2.09 bits per heavy atom. The van der Waals surface area contributed by atoms with Crippen LogP contribution in [0.4, 0.5) is 0 Å². The van der Waals surface area contributed by atoms with Gasteiger partial charge in [0.1, 0.15) is 0 Å². The third-order valence-electron chi connectivity index (χ3n) is 1.55. The molecule has 0 bridgehead atoms. The summed E-state index contributed by atoms with van der Waals surface area (Å²) in [5.74, 6) is -0.935. The zero-order chi connectivity index (χ0) is 8.65. The van der Waals surface area contributed by atoms with Crippen molar-refractivity contribution in [3.63, 3.8) is 0 Å². The van der Waals surface area contributed by atoms with E-state index in [1.807, 2.05) is 0 Å².